The smallest absolute Gasteiger partial charge is 0.232 e. The van der Waals surface area contributed by atoms with Crippen LogP contribution in [0.4, 0.5) is 23.1 Å². The Hall–Kier alpha value is -3.05. The molecule has 0 spiro atoms. The molecule has 0 atom stereocenters. The lowest BCUT2D eigenvalue weighted by Gasteiger charge is -2.32. The molecular formula is C23H32N8O2S. The second kappa shape index (κ2) is 10.1. The summed E-state index contributed by atoms with van der Waals surface area (Å²) in [5, 5.41) is 3.33. The highest BCUT2D eigenvalue weighted by molar-refractivity contribution is 7.92. The minimum absolute atomic E-state index is 0.0871. The number of benzene rings is 1. The normalized spacial score (nSPS) is 15.1. The maximum absolute atomic E-state index is 12.5. The Morgan fingerprint density at radius 1 is 1.09 bits per heavy atom. The number of hydrogen-bond donors (Lipinski definition) is 2. The van der Waals surface area contributed by atoms with Crippen molar-refractivity contribution in [1.82, 2.24) is 24.8 Å². The molecule has 34 heavy (non-hydrogen) atoms. The van der Waals surface area contributed by atoms with E-state index in [1.165, 1.54) is 6.33 Å². The molecule has 0 radical (unpaired) electrons. The summed E-state index contributed by atoms with van der Waals surface area (Å²) in [6.45, 7) is 9.59. The summed E-state index contributed by atoms with van der Waals surface area (Å²) in [6, 6.07) is 5.41. The topological polar surface area (TPSA) is 116 Å². The molecule has 4 rings (SSSR count). The Bertz CT molecular complexity index is 1260. The number of likely N-dealkylation sites (N-methyl/N-ethyl adjacent to an activating group) is 1. The van der Waals surface area contributed by atoms with Gasteiger partial charge in [0.2, 0.25) is 16.0 Å². The third-order valence-electron chi connectivity index (χ3n) is 5.88. The molecular weight excluding hydrogens is 452 g/mol. The fourth-order valence-electron chi connectivity index (χ4n) is 3.66. The van der Waals surface area contributed by atoms with Gasteiger partial charge in [-0.05, 0) is 44.0 Å². The van der Waals surface area contributed by atoms with Crippen molar-refractivity contribution < 1.29 is 8.42 Å². The van der Waals surface area contributed by atoms with E-state index in [2.05, 4.69) is 41.8 Å². The number of nitrogens with one attached hydrogen (secondary N) is 2. The first kappa shape index (κ1) is 24.1. The molecule has 1 saturated heterocycles. The molecule has 182 valence electrons. The van der Waals surface area contributed by atoms with Gasteiger partial charge in [0.25, 0.3) is 0 Å². The van der Waals surface area contributed by atoms with Crippen molar-refractivity contribution in [2.45, 2.75) is 27.2 Å². The van der Waals surface area contributed by atoms with E-state index in [1.807, 2.05) is 26.8 Å². The molecule has 11 heteroatoms. The minimum Gasteiger partial charge on any atom is -0.338 e. The van der Waals surface area contributed by atoms with Gasteiger partial charge in [0.1, 0.15) is 17.4 Å². The monoisotopic (exact) mass is 484 g/mol. The summed E-state index contributed by atoms with van der Waals surface area (Å²) in [7, 11) is -1.32. The molecule has 1 aliphatic rings. The third kappa shape index (κ3) is 5.89. The Morgan fingerprint density at radius 2 is 1.85 bits per heavy atom. The average molecular weight is 485 g/mol. The van der Waals surface area contributed by atoms with E-state index in [4.69, 9.17) is 4.98 Å². The molecule has 0 unspecified atom stereocenters. The number of aryl methyl sites for hydroxylation is 1. The summed E-state index contributed by atoms with van der Waals surface area (Å²) >= 11 is 0. The summed E-state index contributed by atoms with van der Waals surface area (Å²) in [5.41, 5.74) is 3.45. The van der Waals surface area contributed by atoms with E-state index in [-0.39, 0.29) is 5.75 Å². The Balaban J connectivity index is 1.59. The lowest BCUT2D eigenvalue weighted by molar-refractivity contribution is 0.311. The molecule has 2 aromatic heterocycles. The summed E-state index contributed by atoms with van der Waals surface area (Å²) < 4.78 is 27.6. The van der Waals surface area contributed by atoms with Crippen LogP contribution in [0.25, 0.3) is 11.0 Å². The van der Waals surface area contributed by atoms with Gasteiger partial charge in [-0.25, -0.2) is 28.4 Å². The zero-order valence-corrected chi connectivity index (χ0v) is 20.9. The van der Waals surface area contributed by atoms with Crippen LogP contribution in [0.15, 0.2) is 30.7 Å². The van der Waals surface area contributed by atoms with Gasteiger partial charge < -0.3 is 15.1 Å². The van der Waals surface area contributed by atoms with Crippen molar-refractivity contribution in [1.29, 1.82) is 0 Å². The summed E-state index contributed by atoms with van der Waals surface area (Å²) in [4.78, 5) is 22.4. The molecule has 1 aromatic carbocycles. The molecule has 3 heterocycles. The molecule has 1 fully saturated rings. The van der Waals surface area contributed by atoms with Gasteiger partial charge in [0, 0.05) is 31.9 Å². The van der Waals surface area contributed by atoms with Gasteiger partial charge in [-0.2, -0.15) is 0 Å². The van der Waals surface area contributed by atoms with Crippen LogP contribution in [0.3, 0.4) is 0 Å². The Labute approximate surface area is 200 Å². The summed E-state index contributed by atoms with van der Waals surface area (Å²) in [6.07, 6.45) is 3.79. The van der Waals surface area contributed by atoms with E-state index in [1.54, 1.807) is 18.3 Å². The maximum Gasteiger partial charge on any atom is 0.232 e. The number of anilines is 4. The van der Waals surface area contributed by atoms with Crippen molar-refractivity contribution >= 4 is 44.2 Å². The first-order chi connectivity index (χ1) is 16.2. The molecule has 3 aromatic rings. The molecule has 10 nitrogen and oxygen atoms in total. The van der Waals surface area contributed by atoms with E-state index < -0.39 is 10.0 Å². The average Bonchev–Trinajstić information content (AvgIpc) is 2.80. The van der Waals surface area contributed by atoms with Crippen LogP contribution in [-0.2, 0) is 10.0 Å². The van der Waals surface area contributed by atoms with Crippen molar-refractivity contribution in [3.8, 4) is 0 Å². The largest absolute Gasteiger partial charge is 0.338 e. The van der Waals surface area contributed by atoms with Crippen LogP contribution in [0, 0.1) is 12.8 Å². The molecule has 0 bridgehead atoms. The zero-order valence-electron chi connectivity index (χ0n) is 20.1. The van der Waals surface area contributed by atoms with Gasteiger partial charge >= 0.3 is 0 Å². The number of piperazine rings is 1. The summed E-state index contributed by atoms with van der Waals surface area (Å²) in [5.74, 6) is 1.60. The molecule has 0 saturated carbocycles. The number of fused-ring (bicyclic) bond motifs is 1. The fourth-order valence-corrected chi connectivity index (χ4v) is 5.03. The van der Waals surface area contributed by atoms with Crippen molar-refractivity contribution in [3.05, 3.63) is 36.3 Å². The standard InChI is InChI=1S/C23H32N8O2S/c1-16(2)7-12-34(32,33)29-18-6-5-17(3)19(13-18)27-22-21-20(25-15-26-22)14-24-23(28-21)31-10-8-30(4)9-11-31/h5-6,13-16,29H,7-12H2,1-4H3,(H,25,26,27). The number of rotatable bonds is 8. The highest BCUT2D eigenvalue weighted by Gasteiger charge is 2.18. The minimum atomic E-state index is -3.42. The van der Waals surface area contributed by atoms with Crippen LogP contribution < -0.4 is 14.9 Å². The molecule has 2 N–H and O–H groups in total. The quantitative estimate of drug-likeness (QED) is 0.498. The lowest BCUT2D eigenvalue weighted by Crippen LogP contribution is -2.45. The van der Waals surface area contributed by atoms with Crippen LogP contribution in [-0.4, -0.2) is 72.2 Å². The highest BCUT2D eigenvalue weighted by Crippen LogP contribution is 2.27. The predicted octanol–water partition coefficient (Wildman–Crippen LogP) is 3.01. The zero-order chi connectivity index (χ0) is 24.3. The Morgan fingerprint density at radius 3 is 2.59 bits per heavy atom. The third-order valence-corrected chi connectivity index (χ3v) is 7.20. The van der Waals surface area contributed by atoms with Crippen LogP contribution in [0.2, 0.25) is 0 Å². The van der Waals surface area contributed by atoms with E-state index in [0.29, 0.717) is 40.8 Å². The second-order valence-corrected chi connectivity index (χ2v) is 11.0. The second-order valence-electron chi connectivity index (χ2n) is 9.17. The molecule has 0 amide bonds. The molecule has 1 aliphatic heterocycles. The lowest BCUT2D eigenvalue weighted by atomic mass is 10.2. The van der Waals surface area contributed by atoms with Crippen molar-refractivity contribution in [2.24, 2.45) is 5.92 Å². The van der Waals surface area contributed by atoms with Crippen LogP contribution in [0.1, 0.15) is 25.8 Å². The van der Waals surface area contributed by atoms with Crippen LogP contribution in [0.5, 0.6) is 0 Å². The van der Waals surface area contributed by atoms with E-state index >= 15 is 0 Å². The van der Waals surface area contributed by atoms with Gasteiger partial charge in [-0.3, -0.25) is 4.72 Å². The fraction of sp³-hybridized carbons (Fsp3) is 0.478. The van der Waals surface area contributed by atoms with Crippen molar-refractivity contribution in [2.75, 3.05) is 53.9 Å². The number of nitrogens with zero attached hydrogens (tertiary/aromatic N) is 6. The van der Waals surface area contributed by atoms with Gasteiger partial charge in [-0.15, -0.1) is 0 Å². The van der Waals surface area contributed by atoms with Crippen LogP contribution >= 0.6 is 0 Å². The number of hydrogen-bond acceptors (Lipinski definition) is 9. The SMILES string of the molecule is Cc1ccc(NS(=O)(=O)CCC(C)C)cc1Nc1ncnc2cnc(N3CCN(C)CC3)nc12. The highest BCUT2D eigenvalue weighted by atomic mass is 32.2. The Kier molecular flexibility index (Phi) is 7.13. The van der Waals surface area contributed by atoms with Gasteiger partial charge in [0.05, 0.1) is 17.6 Å². The van der Waals surface area contributed by atoms with Gasteiger partial charge in [0.15, 0.2) is 5.82 Å². The first-order valence-electron chi connectivity index (χ1n) is 11.5. The molecule has 0 aliphatic carbocycles. The van der Waals surface area contributed by atoms with E-state index in [9.17, 15) is 8.42 Å². The van der Waals surface area contributed by atoms with E-state index in [0.717, 1.165) is 37.4 Å². The number of sulfonamides is 1. The maximum atomic E-state index is 12.5. The van der Waals surface area contributed by atoms with Gasteiger partial charge in [-0.1, -0.05) is 19.9 Å². The predicted molar refractivity (Wildman–Crippen MR) is 136 cm³/mol. The first-order valence-corrected chi connectivity index (χ1v) is 13.1. The number of aromatic nitrogens is 4. The van der Waals surface area contributed by atoms with Crippen molar-refractivity contribution in [3.63, 3.8) is 0 Å².